The topological polar surface area (TPSA) is 47.3 Å². The predicted molar refractivity (Wildman–Crippen MR) is 75.9 cm³/mol. The van der Waals surface area contributed by atoms with Crippen LogP contribution in [0.1, 0.15) is 37.4 Å². The Bertz CT molecular complexity index is 434. The average Bonchev–Trinajstić information content (AvgIpc) is 2.92. The van der Waals surface area contributed by atoms with E-state index in [0.29, 0.717) is 24.2 Å². The molecule has 1 aromatic rings. The Labute approximate surface area is 119 Å². The summed E-state index contributed by atoms with van der Waals surface area (Å²) in [5, 5.41) is 19.9. The summed E-state index contributed by atoms with van der Waals surface area (Å²) in [5.41, 5.74) is 0.852. The lowest BCUT2D eigenvalue weighted by atomic mass is 10.1. The molecule has 0 amide bonds. The summed E-state index contributed by atoms with van der Waals surface area (Å²) in [6.07, 6.45) is 4.16. The van der Waals surface area contributed by atoms with Crippen LogP contribution in [0.3, 0.4) is 0 Å². The van der Waals surface area contributed by atoms with E-state index in [1.807, 2.05) is 12.1 Å². The van der Waals surface area contributed by atoms with Crippen LogP contribution in [0.15, 0.2) is 24.3 Å². The average molecular weight is 279 g/mol. The van der Waals surface area contributed by atoms with Crippen LogP contribution in [0.25, 0.3) is 0 Å². The van der Waals surface area contributed by atoms with Crippen molar-refractivity contribution in [3.63, 3.8) is 0 Å². The molecule has 0 aromatic heterocycles. The zero-order valence-corrected chi connectivity index (χ0v) is 11.7. The van der Waals surface area contributed by atoms with Gasteiger partial charge in [0, 0.05) is 17.6 Å². The molecule has 1 aromatic carbocycles. The van der Waals surface area contributed by atoms with E-state index in [-0.39, 0.29) is 0 Å². The number of hydrogen-bond acceptors (Lipinski definition) is 3. The third kappa shape index (κ3) is 3.94. The molecule has 4 heteroatoms. The summed E-state index contributed by atoms with van der Waals surface area (Å²) in [7, 11) is 0. The first kappa shape index (κ1) is 14.3. The van der Waals surface area contributed by atoms with Crippen molar-refractivity contribution in [2.75, 3.05) is 13.1 Å². The highest BCUT2D eigenvalue weighted by atomic mass is 35.5. The lowest BCUT2D eigenvalue weighted by molar-refractivity contribution is 0.0967. The molecule has 102 valence electrons. The van der Waals surface area contributed by atoms with Gasteiger partial charge in [-0.15, -0.1) is 0 Å². The lowest BCUT2D eigenvalue weighted by Crippen LogP contribution is -2.37. The van der Waals surface area contributed by atoms with Crippen LogP contribution in [0, 0.1) is 11.3 Å². The van der Waals surface area contributed by atoms with Crippen molar-refractivity contribution >= 4 is 11.6 Å². The number of aliphatic hydroxyl groups excluding tert-OH is 1. The first-order chi connectivity index (χ1) is 9.20. The normalized spacial score (nSPS) is 17.6. The summed E-state index contributed by atoms with van der Waals surface area (Å²) < 4.78 is 0. The van der Waals surface area contributed by atoms with Gasteiger partial charge in [-0.1, -0.05) is 36.6 Å². The van der Waals surface area contributed by atoms with E-state index < -0.39 is 6.10 Å². The summed E-state index contributed by atoms with van der Waals surface area (Å²) in [6.45, 7) is 0.898. The summed E-state index contributed by atoms with van der Waals surface area (Å²) in [6, 6.07) is 9.89. The van der Waals surface area contributed by atoms with E-state index in [1.165, 1.54) is 12.8 Å². The van der Waals surface area contributed by atoms with Gasteiger partial charge in [0.05, 0.1) is 18.7 Å². The fourth-order valence-electron chi connectivity index (χ4n) is 2.72. The highest BCUT2D eigenvalue weighted by molar-refractivity contribution is 6.30. The Morgan fingerprint density at radius 1 is 1.32 bits per heavy atom. The Morgan fingerprint density at radius 3 is 2.53 bits per heavy atom. The second-order valence-corrected chi connectivity index (χ2v) is 5.53. The third-order valence-electron chi connectivity index (χ3n) is 3.78. The van der Waals surface area contributed by atoms with Gasteiger partial charge >= 0.3 is 0 Å². The zero-order chi connectivity index (χ0) is 13.7. The molecule has 1 atom stereocenters. The zero-order valence-electron chi connectivity index (χ0n) is 10.9. The van der Waals surface area contributed by atoms with E-state index >= 15 is 0 Å². The predicted octanol–water partition coefficient (Wildman–Crippen LogP) is 3.14. The Morgan fingerprint density at radius 2 is 1.95 bits per heavy atom. The number of rotatable bonds is 5. The molecular weight excluding hydrogens is 260 g/mol. The fraction of sp³-hybridized carbons (Fsp3) is 0.533. The minimum absolute atomic E-state index is 0.384. The van der Waals surface area contributed by atoms with Crippen LogP contribution < -0.4 is 0 Å². The molecular formula is C15H19ClN2O. The minimum atomic E-state index is -0.564. The maximum Gasteiger partial charge on any atom is 0.0917 e. The van der Waals surface area contributed by atoms with Gasteiger partial charge in [0.1, 0.15) is 0 Å². The molecule has 0 heterocycles. The molecule has 3 nitrogen and oxygen atoms in total. The van der Waals surface area contributed by atoms with Crippen molar-refractivity contribution in [2.45, 2.75) is 37.8 Å². The van der Waals surface area contributed by atoms with Gasteiger partial charge in [-0.2, -0.15) is 5.26 Å². The number of aliphatic hydroxyl groups is 1. The van der Waals surface area contributed by atoms with E-state index in [9.17, 15) is 5.11 Å². The molecule has 0 saturated heterocycles. The number of nitriles is 1. The molecule has 1 aliphatic carbocycles. The fourth-order valence-corrected chi connectivity index (χ4v) is 2.84. The van der Waals surface area contributed by atoms with Gasteiger partial charge in [0.25, 0.3) is 0 Å². The Balaban J connectivity index is 1.99. The van der Waals surface area contributed by atoms with Gasteiger partial charge in [-0.05, 0) is 30.5 Å². The number of halogens is 1. The molecule has 1 fully saturated rings. The molecule has 0 spiro atoms. The van der Waals surface area contributed by atoms with Crippen molar-refractivity contribution in [1.82, 2.24) is 4.90 Å². The van der Waals surface area contributed by atoms with Gasteiger partial charge < -0.3 is 5.11 Å². The SMILES string of the molecule is N#CCN(CC(O)c1ccc(Cl)cc1)C1CCCC1. The summed E-state index contributed by atoms with van der Waals surface area (Å²) in [5.74, 6) is 0. The molecule has 19 heavy (non-hydrogen) atoms. The van der Waals surface area contributed by atoms with Crippen molar-refractivity contribution in [1.29, 1.82) is 5.26 Å². The van der Waals surface area contributed by atoms with Gasteiger partial charge in [0.15, 0.2) is 0 Å². The first-order valence-electron chi connectivity index (χ1n) is 6.75. The monoisotopic (exact) mass is 278 g/mol. The highest BCUT2D eigenvalue weighted by Gasteiger charge is 2.24. The molecule has 2 rings (SSSR count). The van der Waals surface area contributed by atoms with Gasteiger partial charge in [-0.3, -0.25) is 4.90 Å². The van der Waals surface area contributed by atoms with Crippen molar-refractivity contribution in [2.24, 2.45) is 0 Å². The molecule has 1 unspecified atom stereocenters. The third-order valence-corrected chi connectivity index (χ3v) is 4.03. The quantitative estimate of drug-likeness (QED) is 0.842. The van der Waals surface area contributed by atoms with Crippen LogP contribution in [0.2, 0.25) is 5.02 Å². The smallest absolute Gasteiger partial charge is 0.0917 e. The van der Waals surface area contributed by atoms with Crippen LogP contribution in [-0.2, 0) is 0 Å². The second-order valence-electron chi connectivity index (χ2n) is 5.09. The maximum absolute atomic E-state index is 10.3. The molecule has 1 N–H and O–H groups in total. The molecule has 0 bridgehead atoms. The number of nitrogens with zero attached hydrogens (tertiary/aromatic N) is 2. The Kier molecular flexibility index (Phi) is 5.21. The van der Waals surface area contributed by atoms with Crippen LogP contribution in [0.4, 0.5) is 0 Å². The van der Waals surface area contributed by atoms with E-state index in [2.05, 4.69) is 11.0 Å². The minimum Gasteiger partial charge on any atom is -0.387 e. The highest BCUT2D eigenvalue weighted by Crippen LogP contribution is 2.25. The van der Waals surface area contributed by atoms with Gasteiger partial charge in [-0.25, -0.2) is 0 Å². The molecule has 1 aliphatic rings. The standard InChI is InChI=1S/C15H19ClN2O/c16-13-7-5-12(6-8-13)15(19)11-18(10-9-17)14-3-1-2-4-14/h5-8,14-15,19H,1-4,10-11H2. The molecule has 0 aliphatic heterocycles. The Hall–Kier alpha value is -1.08. The van der Waals surface area contributed by atoms with Crippen molar-refractivity contribution < 1.29 is 5.11 Å². The largest absolute Gasteiger partial charge is 0.387 e. The van der Waals surface area contributed by atoms with Crippen molar-refractivity contribution in [3.8, 4) is 6.07 Å². The lowest BCUT2D eigenvalue weighted by Gasteiger charge is -2.28. The maximum atomic E-state index is 10.3. The summed E-state index contributed by atoms with van der Waals surface area (Å²) >= 11 is 5.84. The molecule has 1 saturated carbocycles. The van der Waals surface area contributed by atoms with Gasteiger partial charge in [0.2, 0.25) is 0 Å². The number of benzene rings is 1. The van der Waals surface area contributed by atoms with E-state index in [1.54, 1.807) is 12.1 Å². The number of hydrogen-bond donors (Lipinski definition) is 1. The second kappa shape index (κ2) is 6.91. The van der Waals surface area contributed by atoms with Crippen molar-refractivity contribution in [3.05, 3.63) is 34.9 Å². The van der Waals surface area contributed by atoms with Crippen LogP contribution in [0.5, 0.6) is 0 Å². The van der Waals surface area contributed by atoms with Crippen LogP contribution >= 0.6 is 11.6 Å². The van der Waals surface area contributed by atoms with E-state index in [4.69, 9.17) is 16.9 Å². The van der Waals surface area contributed by atoms with Crippen LogP contribution in [-0.4, -0.2) is 29.1 Å². The molecule has 0 radical (unpaired) electrons. The summed E-state index contributed by atoms with van der Waals surface area (Å²) in [4.78, 5) is 2.10. The van der Waals surface area contributed by atoms with E-state index in [0.717, 1.165) is 18.4 Å². The first-order valence-corrected chi connectivity index (χ1v) is 7.13.